The smallest absolute Gasteiger partial charge is 0.271 e. The van der Waals surface area contributed by atoms with E-state index in [1.54, 1.807) is 6.20 Å². The Kier molecular flexibility index (Phi) is 4.65. The van der Waals surface area contributed by atoms with E-state index in [-0.39, 0.29) is 5.91 Å². The molecular formula is C13H17N5OS. The average molecular weight is 291 g/mol. The van der Waals surface area contributed by atoms with Crippen LogP contribution in [-0.2, 0) is 0 Å². The topological polar surface area (TPSA) is 84.1 Å². The first-order chi connectivity index (χ1) is 9.58. The lowest BCUT2D eigenvalue weighted by Gasteiger charge is -2.10. The second-order valence-corrected chi connectivity index (χ2v) is 5.53. The van der Waals surface area contributed by atoms with E-state index in [0.29, 0.717) is 27.9 Å². The van der Waals surface area contributed by atoms with Crippen molar-refractivity contribution < 1.29 is 4.79 Å². The summed E-state index contributed by atoms with van der Waals surface area (Å²) in [6, 6.07) is 5.53. The molecule has 2 heterocycles. The predicted molar refractivity (Wildman–Crippen MR) is 80.6 cm³/mol. The highest BCUT2D eigenvalue weighted by molar-refractivity contribution is 7.19. The van der Waals surface area contributed by atoms with Crippen molar-refractivity contribution in [1.82, 2.24) is 20.2 Å². The van der Waals surface area contributed by atoms with Gasteiger partial charge in [-0.15, -0.1) is 0 Å². The van der Waals surface area contributed by atoms with Gasteiger partial charge in [0.2, 0.25) is 0 Å². The van der Waals surface area contributed by atoms with Gasteiger partial charge in [-0.2, -0.15) is 0 Å². The third kappa shape index (κ3) is 3.52. The first-order valence-electron chi connectivity index (χ1n) is 6.18. The quantitative estimate of drug-likeness (QED) is 0.861. The number of anilines is 1. The second kappa shape index (κ2) is 6.44. The SMILES string of the molecule is CN(C)CCNC(=O)c1nc(N)sc1-c1ccccn1. The van der Waals surface area contributed by atoms with E-state index in [2.05, 4.69) is 15.3 Å². The third-order valence-corrected chi connectivity index (χ3v) is 3.51. The van der Waals surface area contributed by atoms with Crippen molar-refractivity contribution in [2.75, 3.05) is 32.9 Å². The number of nitrogens with one attached hydrogen (secondary N) is 1. The molecule has 0 spiro atoms. The molecule has 0 radical (unpaired) electrons. The van der Waals surface area contributed by atoms with Gasteiger partial charge >= 0.3 is 0 Å². The minimum atomic E-state index is -0.222. The maximum atomic E-state index is 12.2. The molecule has 3 N–H and O–H groups in total. The zero-order chi connectivity index (χ0) is 14.5. The lowest BCUT2D eigenvalue weighted by atomic mass is 10.2. The van der Waals surface area contributed by atoms with Crippen LogP contribution in [0.15, 0.2) is 24.4 Å². The van der Waals surface area contributed by atoms with Crippen LogP contribution in [-0.4, -0.2) is 48.0 Å². The van der Waals surface area contributed by atoms with E-state index in [1.165, 1.54) is 11.3 Å². The highest BCUT2D eigenvalue weighted by atomic mass is 32.1. The van der Waals surface area contributed by atoms with Crippen molar-refractivity contribution >= 4 is 22.4 Å². The van der Waals surface area contributed by atoms with E-state index < -0.39 is 0 Å². The van der Waals surface area contributed by atoms with E-state index in [1.807, 2.05) is 37.2 Å². The number of thiazole rings is 1. The molecule has 0 aromatic carbocycles. The van der Waals surface area contributed by atoms with E-state index in [0.717, 1.165) is 6.54 Å². The summed E-state index contributed by atoms with van der Waals surface area (Å²) in [4.78, 5) is 23.2. The Hall–Kier alpha value is -1.99. The van der Waals surface area contributed by atoms with Gasteiger partial charge in [-0.3, -0.25) is 9.78 Å². The number of nitrogen functional groups attached to an aromatic ring is 1. The first kappa shape index (κ1) is 14.4. The number of nitrogens with two attached hydrogens (primary N) is 1. The second-order valence-electron chi connectivity index (χ2n) is 4.50. The van der Waals surface area contributed by atoms with Crippen molar-refractivity contribution in [3.05, 3.63) is 30.1 Å². The summed E-state index contributed by atoms with van der Waals surface area (Å²) in [5.74, 6) is -0.222. The summed E-state index contributed by atoms with van der Waals surface area (Å²) in [5, 5.41) is 3.20. The van der Waals surface area contributed by atoms with Crippen molar-refractivity contribution in [2.24, 2.45) is 0 Å². The number of hydrogen-bond donors (Lipinski definition) is 2. The van der Waals surface area contributed by atoms with Gasteiger partial charge in [0.25, 0.3) is 5.91 Å². The van der Waals surface area contributed by atoms with Gasteiger partial charge in [0.1, 0.15) is 0 Å². The van der Waals surface area contributed by atoms with Gasteiger partial charge < -0.3 is 16.0 Å². The number of amides is 1. The van der Waals surface area contributed by atoms with Gasteiger partial charge in [0, 0.05) is 19.3 Å². The Balaban J connectivity index is 2.18. The summed E-state index contributed by atoms with van der Waals surface area (Å²) in [5.41, 5.74) is 6.77. The molecule has 7 heteroatoms. The number of hydrogen-bond acceptors (Lipinski definition) is 6. The largest absolute Gasteiger partial charge is 0.375 e. The maximum absolute atomic E-state index is 12.2. The number of pyridine rings is 1. The lowest BCUT2D eigenvalue weighted by Crippen LogP contribution is -2.31. The zero-order valence-electron chi connectivity index (χ0n) is 11.5. The van der Waals surface area contributed by atoms with Gasteiger partial charge in [-0.25, -0.2) is 4.98 Å². The van der Waals surface area contributed by atoms with Gasteiger partial charge in [0.05, 0.1) is 10.6 Å². The Morgan fingerprint density at radius 3 is 2.90 bits per heavy atom. The Morgan fingerprint density at radius 2 is 2.25 bits per heavy atom. The molecule has 0 saturated heterocycles. The minimum absolute atomic E-state index is 0.222. The van der Waals surface area contributed by atoms with Crippen LogP contribution in [0.3, 0.4) is 0 Å². The standard InChI is InChI=1S/C13H17N5OS/c1-18(2)8-7-16-12(19)10-11(20-13(14)17-10)9-5-3-4-6-15-9/h3-6H,7-8H2,1-2H3,(H2,14,17)(H,16,19). The summed E-state index contributed by atoms with van der Waals surface area (Å²) < 4.78 is 0. The number of aromatic nitrogens is 2. The molecule has 0 aliphatic carbocycles. The summed E-state index contributed by atoms with van der Waals surface area (Å²) >= 11 is 1.27. The Labute approximate surface area is 121 Å². The Morgan fingerprint density at radius 1 is 1.45 bits per heavy atom. The van der Waals surface area contributed by atoms with Gasteiger partial charge in [-0.05, 0) is 26.2 Å². The molecule has 0 unspecified atom stereocenters. The fourth-order valence-electron chi connectivity index (χ4n) is 1.64. The van der Waals surface area contributed by atoms with Crippen LogP contribution in [0.1, 0.15) is 10.5 Å². The molecule has 106 valence electrons. The first-order valence-corrected chi connectivity index (χ1v) is 7.00. The third-order valence-electron chi connectivity index (χ3n) is 2.60. The van der Waals surface area contributed by atoms with Crippen molar-refractivity contribution in [3.8, 4) is 10.6 Å². The number of carbonyl (C=O) groups is 1. The number of nitrogens with zero attached hydrogens (tertiary/aromatic N) is 3. The van der Waals surface area contributed by atoms with Crippen LogP contribution in [0.4, 0.5) is 5.13 Å². The fraction of sp³-hybridized carbons (Fsp3) is 0.308. The van der Waals surface area contributed by atoms with E-state index >= 15 is 0 Å². The van der Waals surface area contributed by atoms with E-state index in [4.69, 9.17) is 5.73 Å². The highest BCUT2D eigenvalue weighted by Gasteiger charge is 2.19. The normalized spacial score (nSPS) is 10.8. The van der Waals surface area contributed by atoms with Crippen LogP contribution in [0.5, 0.6) is 0 Å². The van der Waals surface area contributed by atoms with Crippen LogP contribution in [0, 0.1) is 0 Å². The fourth-order valence-corrected chi connectivity index (χ4v) is 2.44. The molecule has 2 rings (SSSR count). The molecular weight excluding hydrogens is 274 g/mol. The molecule has 6 nitrogen and oxygen atoms in total. The summed E-state index contributed by atoms with van der Waals surface area (Å²) in [7, 11) is 3.90. The van der Waals surface area contributed by atoms with Crippen molar-refractivity contribution in [3.63, 3.8) is 0 Å². The van der Waals surface area contributed by atoms with Gasteiger partial charge in [0.15, 0.2) is 10.8 Å². The van der Waals surface area contributed by atoms with Gasteiger partial charge in [-0.1, -0.05) is 17.4 Å². The molecule has 0 atom stereocenters. The van der Waals surface area contributed by atoms with Crippen molar-refractivity contribution in [2.45, 2.75) is 0 Å². The maximum Gasteiger partial charge on any atom is 0.271 e. The number of carbonyl (C=O) groups excluding carboxylic acids is 1. The molecule has 0 aliphatic rings. The van der Waals surface area contributed by atoms with Crippen LogP contribution < -0.4 is 11.1 Å². The predicted octanol–water partition coefficient (Wildman–Crippen LogP) is 1.08. The van der Waals surface area contributed by atoms with Crippen LogP contribution in [0.25, 0.3) is 10.6 Å². The molecule has 2 aromatic heterocycles. The highest BCUT2D eigenvalue weighted by Crippen LogP contribution is 2.30. The molecule has 1 amide bonds. The minimum Gasteiger partial charge on any atom is -0.375 e. The van der Waals surface area contributed by atoms with Crippen LogP contribution in [0.2, 0.25) is 0 Å². The molecule has 0 saturated carbocycles. The zero-order valence-corrected chi connectivity index (χ0v) is 12.3. The molecule has 0 bridgehead atoms. The molecule has 20 heavy (non-hydrogen) atoms. The van der Waals surface area contributed by atoms with Crippen LogP contribution >= 0.6 is 11.3 Å². The number of likely N-dealkylation sites (N-methyl/N-ethyl adjacent to an activating group) is 1. The van der Waals surface area contributed by atoms with E-state index in [9.17, 15) is 4.79 Å². The molecule has 2 aromatic rings. The lowest BCUT2D eigenvalue weighted by molar-refractivity contribution is 0.0947. The summed E-state index contributed by atoms with van der Waals surface area (Å²) in [6.45, 7) is 1.33. The summed E-state index contributed by atoms with van der Waals surface area (Å²) in [6.07, 6.45) is 1.68. The number of rotatable bonds is 5. The monoisotopic (exact) mass is 291 g/mol. The molecule has 0 aliphatic heterocycles. The van der Waals surface area contributed by atoms with Crippen molar-refractivity contribution in [1.29, 1.82) is 0 Å². The molecule has 0 fully saturated rings. The average Bonchev–Trinajstić information content (AvgIpc) is 2.81. The Bertz CT molecular complexity index is 582.